The van der Waals surface area contributed by atoms with Gasteiger partial charge in [0, 0.05) is 39.3 Å². The molecule has 1 amide bonds. The van der Waals surface area contributed by atoms with Crippen molar-refractivity contribution < 1.29 is 19.1 Å². The molecule has 8 nitrogen and oxygen atoms in total. The van der Waals surface area contributed by atoms with Crippen LogP contribution in [-0.2, 0) is 15.1 Å². The molecule has 0 radical (unpaired) electrons. The Morgan fingerprint density at radius 3 is 2.64 bits per heavy atom. The van der Waals surface area contributed by atoms with Crippen molar-refractivity contribution in [3.63, 3.8) is 0 Å². The molecule has 28 heavy (non-hydrogen) atoms. The Morgan fingerprint density at radius 2 is 2.07 bits per heavy atom. The summed E-state index contributed by atoms with van der Waals surface area (Å²) in [6.45, 7) is 8.02. The molecule has 2 saturated heterocycles. The Morgan fingerprint density at radius 1 is 1.36 bits per heavy atom. The second-order valence-corrected chi connectivity index (χ2v) is 7.24. The van der Waals surface area contributed by atoms with E-state index < -0.39 is 5.60 Å². The molecule has 9 heteroatoms. The molecule has 2 fully saturated rings. The van der Waals surface area contributed by atoms with E-state index in [-0.39, 0.29) is 42.5 Å². The Balaban J connectivity index is 0.00000280. The van der Waals surface area contributed by atoms with Crippen LogP contribution in [0.25, 0.3) is 0 Å². The smallest absolute Gasteiger partial charge is 0.251 e. The highest BCUT2D eigenvalue weighted by Crippen LogP contribution is 2.21. The molecule has 1 aromatic rings. The van der Waals surface area contributed by atoms with Gasteiger partial charge in [-0.2, -0.15) is 0 Å². The molecule has 3 rings (SSSR count). The number of carbonyl (C=O) groups is 1. The van der Waals surface area contributed by atoms with Gasteiger partial charge in [0.05, 0.1) is 12.8 Å². The predicted octanol–water partition coefficient (Wildman–Crippen LogP) is 1.39. The van der Waals surface area contributed by atoms with E-state index in [1.807, 2.05) is 11.8 Å². The molecular weight excluding hydrogens is 475 g/mol. The molecule has 0 bridgehead atoms. The third kappa shape index (κ3) is 5.60. The number of piperazine rings is 1. The minimum Gasteiger partial charge on any atom is -0.466 e. The van der Waals surface area contributed by atoms with E-state index in [9.17, 15) is 9.90 Å². The third-order valence-electron chi connectivity index (χ3n) is 5.02. The van der Waals surface area contributed by atoms with Crippen molar-refractivity contribution in [3.05, 3.63) is 24.2 Å². The molecule has 0 saturated carbocycles. The minimum absolute atomic E-state index is 0. The van der Waals surface area contributed by atoms with Gasteiger partial charge in [-0.15, -0.1) is 24.0 Å². The molecule has 158 valence electrons. The van der Waals surface area contributed by atoms with Gasteiger partial charge in [-0.05, 0) is 38.8 Å². The molecule has 2 unspecified atom stereocenters. The van der Waals surface area contributed by atoms with E-state index >= 15 is 0 Å². The van der Waals surface area contributed by atoms with E-state index in [2.05, 4.69) is 15.2 Å². The zero-order valence-corrected chi connectivity index (χ0v) is 18.9. The number of hydrogen-bond acceptors (Lipinski definition) is 5. The Bertz CT molecular complexity index is 636. The summed E-state index contributed by atoms with van der Waals surface area (Å²) in [4.78, 5) is 21.1. The fourth-order valence-electron chi connectivity index (χ4n) is 3.43. The normalized spacial score (nSPS) is 22.5. The van der Waals surface area contributed by atoms with Crippen LogP contribution in [0, 0.1) is 0 Å². The van der Waals surface area contributed by atoms with Crippen molar-refractivity contribution in [2.24, 2.45) is 4.99 Å². The summed E-state index contributed by atoms with van der Waals surface area (Å²) in [6, 6.07) is 3.50. The Labute approximate surface area is 183 Å². The molecular formula is C19H31IN4O4. The first kappa shape index (κ1) is 23.0. The number of guanidine groups is 1. The molecule has 2 aliphatic heterocycles. The number of nitrogens with one attached hydrogen (secondary N) is 1. The van der Waals surface area contributed by atoms with Gasteiger partial charge in [-0.25, -0.2) is 4.99 Å². The zero-order chi connectivity index (χ0) is 19.3. The van der Waals surface area contributed by atoms with Crippen LogP contribution in [0.3, 0.4) is 0 Å². The zero-order valence-electron chi connectivity index (χ0n) is 16.6. The second kappa shape index (κ2) is 10.4. The van der Waals surface area contributed by atoms with Gasteiger partial charge in [0.2, 0.25) is 0 Å². The number of halogens is 1. The van der Waals surface area contributed by atoms with Crippen LogP contribution in [-0.4, -0.2) is 78.8 Å². The molecule has 2 aliphatic rings. The summed E-state index contributed by atoms with van der Waals surface area (Å²) >= 11 is 0. The fourth-order valence-corrected chi connectivity index (χ4v) is 3.43. The predicted molar refractivity (Wildman–Crippen MR) is 117 cm³/mol. The summed E-state index contributed by atoms with van der Waals surface area (Å²) in [5, 5.41) is 13.9. The van der Waals surface area contributed by atoms with Crippen molar-refractivity contribution >= 4 is 35.8 Å². The van der Waals surface area contributed by atoms with E-state index in [4.69, 9.17) is 9.15 Å². The first-order valence-corrected chi connectivity index (χ1v) is 9.71. The number of carbonyl (C=O) groups excluding carboxylic acids is 1. The Hall–Kier alpha value is -1.33. The van der Waals surface area contributed by atoms with Crippen molar-refractivity contribution in [2.45, 2.75) is 38.4 Å². The lowest BCUT2D eigenvalue weighted by Crippen LogP contribution is -2.55. The van der Waals surface area contributed by atoms with Gasteiger partial charge < -0.3 is 29.4 Å². The SMILES string of the molecule is CCNC(=NCC(C)(O)c1ccco1)N1CCN(C(=O)C2CCCO2)CC1.I. The largest absolute Gasteiger partial charge is 0.466 e. The molecule has 0 aliphatic carbocycles. The van der Waals surface area contributed by atoms with Crippen molar-refractivity contribution in [3.8, 4) is 0 Å². The molecule has 3 heterocycles. The number of aliphatic hydroxyl groups is 1. The topological polar surface area (TPSA) is 90.5 Å². The van der Waals surface area contributed by atoms with E-state index in [0.717, 1.165) is 25.3 Å². The standard InChI is InChI=1S/C19H30N4O4.HI/c1-3-20-18(21-14-19(2,25)16-7-5-13-27-16)23-10-8-22(9-11-23)17(24)15-6-4-12-26-15;/h5,7,13,15,25H,3-4,6,8-12,14H2,1-2H3,(H,20,21);1H. The van der Waals surface area contributed by atoms with Crippen molar-refractivity contribution in [1.29, 1.82) is 0 Å². The summed E-state index contributed by atoms with van der Waals surface area (Å²) < 4.78 is 10.8. The highest BCUT2D eigenvalue weighted by Gasteiger charge is 2.31. The number of amides is 1. The highest BCUT2D eigenvalue weighted by atomic mass is 127. The first-order chi connectivity index (χ1) is 13.0. The van der Waals surface area contributed by atoms with E-state index in [1.54, 1.807) is 25.3 Å². The van der Waals surface area contributed by atoms with Crippen LogP contribution in [0.4, 0.5) is 0 Å². The van der Waals surface area contributed by atoms with Gasteiger partial charge in [-0.1, -0.05) is 0 Å². The lowest BCUT2D eigenvalue weighted by Gasteiger charge is -2.37. The van der Waals surface area contributed by atoms with Crippen LogP contribution in [0.15, 0.2) is 27.8 Å². The van der Waals surface area contributed by atoms with Crippen molar-refractivity contribution in [1.82, 2.24) is 15.1 Å². The quantitative estimate of drug-likeness (QED) is 0.357. The monoisotopic (exact) mass is 506 g/mol. The number of hydrogen-bond donors (Lipinski definition) is 2. The number of nitrogens with zero attached hydrogens (tertiary/aromatic N) is 3. The van der Waals surface area contributed by atoms with Crippen LogP contribution < -0.4 is 5.32 Å². The number of aliphatic imine (C=N–C) groups is 1. The maximum Gasteiger partial charge on any atom is 0.251 e. The number of ether oxygens (including phenoxy) is 1. The Kier molecular flexibility index (Phi) is 8.56. The maximum absolute atomic E-state index is 12.5. The van der Waals surface area contributed by atoms with Crippen LogP contribution in [0.1, 0.15) is 32.4 Å². The lowest BCUT2D eigenvalue weighted by atomic mass is 10.0. The second-order valence-electron chi connectivity index (χ2n) is 7.24. The van der Waals surface area contributed by atoms with E-state index in [0.29, 0.717) is 38.5 Å². The van der Waals surface area contributed by atoms with Gasteiger partial charge >= 0.3 is 0 Å². The average molecular weight is 506 g/mol. The van der Waals surface area contributed by atoms with Gasteiger partial charge in [0.25, 0.3) is 5.91 Å². The highest BCUT2D eigenvalue weighted by molar-refractivity contribution is 14.0. The van der Waals surface area contributed by atoms with Crippen LogP contribution in [0.5, 0.6) is 0 Å². The lowest BCUT2D eigenvalue weighted by molar-refractivity contribution is -0.142. The molecule has 0 spiro atoms. The fraction of sp³-hybridized carbons (Fsp3) is 0.684. The third-order valence-corrected chi connectivity index (χ3v) is 5.02. The minimum atomic E-state index is -1.16. The molecule has 0 aromatic carbocycles. The first-order valence-electron chi connectivity index (χ1n) is 9.71. The summed E-state index contributed by atoms with van der Waals surface area (Å²) in [7, 11) is 0. The molecule has 2 N–H and O–H groups in total. The van der Waals surface area contributed by atoms with Crippen LogP contribution >= 0.6 is 24.0 Å². The van der Waals surface area contributed by atoms with Gasteiger partial charge in [-0.3, -0.25) is 4.79 Å². The summed E-state index contributed by atoms with van der Waals surface area (Å²) in [5.41, 5.74) is -1.16. The summed E-state index contributed by atoms with van der Waals surface area (Å²) in [5.74, 6) is 1.34. The van der Waals surface area contributed by atoms with Crippen molar-refractivity contribution in [2.75, 3.05) is 45.9 Å². The number of rotatable bonds is 5. The average Bonchev–Trinajstić information content (AvgIpc) is 3.39. The van der Waals surface area contributed by atoms with Crippen LogP contribution in [0.2, 0.25) is 0 Å². The molecule has 2 atom stereocenters. The summed E-state index contributed by atoms with van der Waals surface area (Å²) in [6.07, 6.45) is 3.07. The van der Waals surface area contributed by atoms with E-state index in [1.165, 1.54) is 0 Å². The number of furan rings is 1. The van der Waals surface area contributed by atoms with Gasteiger partial charge in [0.15, 0.2) is 5.96 Å². The van der Waals surface area contributed by atoms with Gasteiger partial charge in [0.1, 0.15) is 17.5 Å². The molecule has 1 aromatic heterocycles. The maximum atomic E-state index is 12.5.